The van der Waals surface area contributed by atoms with Crippen LogP contribution in [0.5, 0.6) is 5.75 Å². The number of benzene rings is 2. The summed E-state index contributed by atoms with van der Waals surface area (Å²) in [5, 5.41) is 3.17. The first-order valence-corrected chi connectivity index (χ1v) is 11.2. The van der Waals surface area contributed by atoms with Gasteiger partial charge < -0.3 is 14.8 Å². The summed E-state index contributed by atoms with van der Waals surface area (Å²) >= 11 is 0. The SMILES string of the molecule is COC(=O)c1ccc([C@H](C)NC(=O)[C@H]2CC(C)(C)CCN2CCOc2ccccc2)cc1. The summed E-state index contributed by atoms with van der Waals surface area (Å²) in [4.78, 5) is 27.1. The van der Waals surface area contributed by atoms with Gasteiger partial charge in [-0.15, -0.1) is 0 Å². The zero-order chi connectivity index (χ0) is 23.1. The van der Waals surface area contributed by atoms with Gasteiger partial charge in [-0.05, 0) is 61.6 Å². The van der Waals surface area contributed by atoms with E-state index in [1.165, 1.54) is 7.11 Å². The second-order valence-corrected chi connectivity index (χ2v) is 9.18. The molecular formula is C26H34N2O4. The third-order valence-corrected chi connectivity index (χ3v) is 6.15. The highest BCUT2D eigenvalue weighted by molar-refractivity contribution is 5.89. The van der Waals surface area contributed by atoms with Gasteiger partial charge >= 0.3 is 5.97 Å². The molecule has 2 aromatic rings. The van der Waals surface area contributed by atoms with Crippen molar-refractivity contribution in [3.63, 3.8) is 0 Å². The van der Waals surface area contributed by atoms with Gasteiger partial charge in [0.1, 0.15) is 12.4 Å². The van der Waals surface area contributed by atoms with Crippen LogP contribution >= 0.6 is 0 Å². The van der Waals surface area contributed by atoms with Crippen molar-refractivity contribution in [2.75, 3.05) is 26.8 Å². The van der Waals surface area contributed by atoms with Crippen LogP contribution in [0.15, 0.2) is 54.6 Å². The van der Waals surface area contributed by atoms with Crippen molar-refractivity contribution >= 4 is 11.9 Å². The van der Waals surface area contributed by atoms with Gasteiger partial charge in [-0.3, -0.25) is 9.69 Å². The number of ether oxygens (including phenoxy) is 2. The van der Waals surface area contributed by atoms with E-state index in [2.05, 4.69) is 24.1 Å². The Balaban J connectivity index is 1.61. The molecule has 172 valence electrons. The van der Waals surface area contributed by atoms with Gasteiger partial charge in [0, 0.05) is 6.54 Å². The minimum absolute atomic E-state index is 0.0297. The quantitative estimate of drug-likeness (QED) is 0.625. The van der Waals surface area contributed by atoms with Gasteiger partial charge in [0.05, 0.1) is 24.8 Å². The van der Waals surface area contributed by atoms with E-state index in [4.69, 9.17) is 9.47 Å². The first-order valence-electron chi connectivity index (χ1n) is 11.2. The lowest BCUT2D eigenvalue weighted by Gasteiger charge is -2.42. The molecule has 0 unspecified atom stereocenters. The Morgan fingerprint density at radius 3 is 2.47 bits per heavy atom. The molecule has 0 aliphatic carbocycles. The molecule has 32 heavy (non-hydrogen) atoms. The van der Waals surface area contributed by atoms with Crippen molar-refractivity contribution < 1.29 is 19.1 Å². The van der Waals surface area contributed by atoms with E-state index in [0.717, 1.165) is 30.7 Å². The number of piperidine rings is 1. The van der Waals surface area contributed by atoms with E-state index in [1.54, 1.807) is 12.1 Å². The molecule has 0 aromatic heterocycles. The summed E-state index contributed by atoms with van der Waals surface area (Å²) in [5.41, 5.74) is 1.55. The molecule has 6 nitrogen and oxygen atoms in total. The van der Waals surface area contributed by atoms with E-state index in [9.17, 15) is 9.59 Å². The highest BCUT2D eigenvalue weighted by atomic mass is 16.5. The highest BCUT2D eigenvalue weighted by Crippen LogP contribution is 2.34. The fourth-order valence-corrected chi connectivity index (χ4v) is 4.10. The Labute approximate surface area is 190 Å². The average Bonchev–Trinajstić information content (AvgIpc) is 2.80. The number of hydrogen-bond acceptors (Lipinski definition) is 5. The third-order valence-electron chi connectivity index (χ3n) is 6.15. The van der Waals surface area contributed by atoms with Crippen LogP contribution in [-0.2, 0) is 9.53 Å². The molecule has 1 aliphatic rings. The average molecular weight is 439 g/mol. The van der Waals surface area contributed by atoms with Gasteiger partial charge in [0.15, 0.2) is 0 Å². The Morgan fingerprint density at radius 2 is 1.81 bits per heavy atom. The standard InChI is InChI=1S/C26H34N2O4/c1-19(20-10-12-21(13-11-20)25(30)31-4)27-24(29)23-18-26(2,3)14-15-28(23)16-17-32-22-8-6-5-7-9-22/h5-13,19,23H,14-18H2,1-4H3,(H,27,29)/t19-,23+/m0/s1. The second-order valence-electron chi connectivity index (χ2n) is 9.18. The fourth-order valence-electron chi connectivity index (χ4n) is 4.10. The van der Waals surface area contributed by atoms with Crippen LogP contribution in [0.2, 0.25) is 0 Å². The van der Waals surface area contributed by atoms with Crippen LogP contribution in [0.4, 0.5) is 0 Å². The lowest BCUT2D eigenvalue weighted by molar-refractivity contribution is -0.130. The maximum Gasteiger partial charge on any atom is 0.337 e. The molecule has 0 radical (unpaired) electrons. The molecule has 2 aromatic carbocycles. The molecule has 6 heteroatoms. The number of likely N-dealkylation sites (tertiary alicyclic amines) is 1. The fraction of sp³-hybridized carbons (Fsp3) is 0.462. The van der Waals surface area contributed by atoms with E-state index in [0.29, 0.717) is 18.7 Å². The number of amides is 1. The first kappa shape index (κ1) is 23.8. The predicted octanol–water partition coefficient (Wildman–Crippen LogP) is 4.22. The summed E-state index contributed by atoms with van der Waals surface area (Å²) in [7, 11) is 1.36. The lowest BCUT2D eigenvalue weighted by atomic mass is 9.78. The summed E-state index contributed by atoms with van der Waals surface area (Å²) < 4.78 is 10.6. The molecule has 1 saturated heterocycles. The van der Waals surface area contributed by atoms with Gasteiger partial charge in [0.25, 0.3) is 0 Å². The molecule has 1 amide bonds. The molecule has 0 bridgehead atoms. The lowest BCUT2D eigenvalue weighted by Crippen LogP contribution is -2.54. The topological polar surface area (TPSA) is 67.9 Å². The molecule has 0 spiro atoms. The largest absolute Gasteiger partial charge is 0.492 e. The van der Waals surface area contributed by atoms with Crippen LogP contribution < -0.4 is 10.1 Å². The first-order chi connectivity index (χ1) is 15.3. The number of nitrogens with one attached hydrogen (secondary N) is 1. The van der Waals surface area contributed by atoms with Crippen molar-refractivity contribution in [2.45, 2.75) is 45.7 Å². The number of esters is 1. The highest BCUT2D eigenvalue weighted by Gasteiger charge is 2.37. The zero-order valence-corrected chi connectivity index (χ0v) is 19.5. The molecule has 1 fully saturated rings. The molecular weight excluding hydrogens is 404 g/mol. The van der Waals surface area contributed by atoms with Crippen LogP contribution in [0.1, 0.15) is 55.6 Å². The van der Waals surface area contributed by atoms with E-state index < -0.39 is 0 Å². The second kappa shape index (κ2) is 10.6. The van der Waals surface area contributed by atoms with Crippen LogP contribution in [0.3, 0.4) is 0 Å². The molecule has 1 aliphatic heterocycles. The van der Waals surface area contributed by atoms with Gasteiger partial charge in [0.2, 0.25) is 5.91 Å². The molecule has 1 heterocycles. The van der Waals surface area contributed by atoms with Crippen molar-refractivity contribution in [3.05, 3.63) is 65.7 Å². The summed E-state index contributed by atoms with van der Waals surface area (Å²) in [6, 6.07) is 16.5. The third kappa shape index (κ3) is 6.33. The van der Waals surface area contributed by atoms with Crippen LogP contribution in [-0.4, -0.2) is 49.6 Å². The number of carbonyl (C=O) groups excluding carboxylic acids is 2. The maximum absolute atomic E-state index is 13.3. The number of methoxy groups -OCH3 is 1. The number of carbonyl (C=O) groups is 2. The Bertz CT molecular complexity index is 896. The van der Waals surface area contributed by atoms with Crippen molar-refractivity contribution in [1.29, 1.82) is 0 Å². The predicted molar refractivity (Wildman–Crippen MR) is 125 cm³/mol. The molecule has 1 N–H and O–H groups in total. The maximum atomic E-state index is 13.3. The minimum Gasteiger partial charge on any atom is -0.492 e. The summed E-state index contributed by atoms with van der Waals surface area (Å²) in [6.07, 6.45) is 1.85. The van der Waals surface area contributed by atoms with Crippen LogP contribution in [0.25, 0.3) is 0 Å². The van der Waals surface area contributed by atoms with E-state index in [1.807, 2.05) is 49.4 Å². The molecule has 3 rings (SSSR count). The van der Waals surface area contributed by atoms with Gasteiger partial charge in [-0.1, -0.05) is 44.2 Å². The number of hydrogen-bond donors (Lipinski definition) is 1. The van der Waals surface area contributed by atoms with Gasteiger partial charge in [-0.2, -0.15) is 0 Å². The van der Waals surface area contributed by atoms with Crippen molar-refractivity contribution in [1.82, 2.24) is 10.2 Å². The summed E-state index contributed by atoms with van der Waals surface area (Å²) in [6.45, 7) is 8.51. The minimum atomic E-state index is -0.369. The van der Waals surface area contributed by atoms with Crippen molar-refractivity contribution in [3.8, 4) is 5.75 Å². The summed E-state index contributed by atoms with van der Waals surface area (Å²) in [5.74, 6) is 0.503. The molecule has 0 saturated carbocycles. The van der Waals surface area contributed by atoms with Crippen LogP contribution in [0, 0.1) is 5.41 Å². The van der Waals surface area contributed by atoms with Crippen molar-refractivity contribution in [2.24, 2.45) is 5.41 Å². The Morgan fingerprint density at radius 1 is 1.12 bits per heavy atom. The molecule has 2 atom stereocenters. The Kier molecular flexibility index (Phi) is 7.91. The Hall–Kier alpha value is -2.86. The monoisotopic (exact) mass is 438 g/mol. The van der Waals surface area contributed by atoms with E-state index in [-0.39, 0.29) is 29.4 Å². The van der Waals surface area contributed by atoms with E-state index >= 15 is 0 Å². The smallest absolute Gasteiger partial charge is 0.337 e. The number of rotatable bonds is 8. The normalized spacial score (nSPS) is 19.1. The van der Waals surface area contributed by atoms with Gasteiger partial charge in [-0.25, -0.2) is 4.79 Å². The zero-order valence-electron chi connectivity index (χ0n) is 19.5. The number of nitrogens with zero attached hydrogens (tertiary/aromatic N) is 1. The number of para-hydroxylation sites is 1.